The fourth-order valence-electron chi connectivity index (χ4n) is 3.91. The molecule has 0 bridgehead atoms. The molecule has 2 aliphatic heterocycles. The zero-order chi connectivity index (χ0) is 14.8. The van der Waals surface area contributed by atoms with Crippen LogP contribution in [0.5, 0.6) is 0 Å². The van der Waals surface area contributed by atoms with Crippen LogP contribution in [0.1, 0.15) is 37.5 Å². The molecule has 2 aromatic heterocycles. The zero-order valence-electron chi connectivity index (χ0n) is 13.1. The molecule has 2 saturated heterocycles. The third kappa shape index (κ3) is 2.75. The summed E-state index contributed by atoms with van der Waals surface area (Å²) in [5.74, 6) is 2.02. The van der Waals surface area contributed by atoms with Gasteiger partial charge in [0.1, 0.15) is 11.3 Å². The summed E-state index contributed by atoms with van der Waals surface area (Å²) in [6, 6.07) is 4.65. The van der Waals surface area contributed by atoms with Gasteiger partial charge in [-0.05, 0) is 69.9 Å². The Balaban J connectivity index is 1.68. The first-order chi connectivity index (χ1) is 10.9. The summed E-state index contributed by atoms with van der Waals surface area (Å²) in [6.07, 6.45) is 7.89. The van der Waals surface area contributed by atoms with Gasteiger partial charge in [-0.25, -0.2) is 9.97 Å². The summed E-state index contributed by atoms with van der Waals surface area (Å²) in [6.45, 7) is 4.50. The molecule has 22 heavy (non-hydrogen) atoms. The van der Waals surface area contributed by atoms with Crippen LogP contribution in [0.25, 0.3) is 11.2 Å². The second-order valence-corrected chi connectivity index (χ2v) is 6.62. The van der Waals surface area contributed by atoms with Crippen molar-refractivity contribution in [1.82, 2.24) is 25.2 Å². The van der Waals surface area contributed by atoms with Crippen molar-refractivity contribution in [3.63, 3.8) is 0 Å². The van der Waals surface area contributed by atoms with Gasteiger partial charge in [0, 0.05) is 18.7 Å². The van der Waals surface area contributed by atoms with Crippen LogP contribution in [0.3, 0.4) is 0 Å². The maximum atomic E-state index is 4.94. The third-order valence-corrected chi connectivity index (χ3v) is 5.13. The molecule has 4 heterocycles. The number of rotatable bonds is 3. The van der Waals surface area contributed by atoms with Crippen LogP contribution in [0.4, 0.5) is 0 Å². The van der Waals surface area contributed by atoms with Crippen molar-refractivity contribution in [3.05, 3.63) is 24.2 Å². The van der Waals surface area contributed by atoms with E-state index in [0.29, 0.717) is 6.04 Å². The molecule has 0 saturated carbocycles. The van der Waals surface area contributed by atoms with E-state index in [2.05, 4.69) is 26.3 Å². The van der Waals surface area contributed by atoms with Gasteiger partial charge in [0.15, 0.2) is 5.65 Å². The first-order valence-electron chi connectivity index (χ1n) is 8.65. The molecule has 5 nitrogen and oxygen atoms in total. The molecular formula is C17H25N5. The van der Waals surface area contributed by atoms with Gasteiger partial charge in [-0.3, -0.25) is 0 Å². The zero-order valence-corrected chi connectivity index (χ0v) is 13.1. The van der Waals surface area contributed by atoms with E-state index in [0.717, 1.165) is 49.7 Å². The second kappa shape index (κ2) is 6.34. The largest absolute Gasteiger partial charge is 0.317 e. The lowest BCUT2D eigenvalue weighted by Gasteiger charge is -2.27. The number of hydrogen-bond donors (Lipinski definition) is 2. The van der Waals surface area contributed by atoms with Gasteiger partial charge in [0.25, 0.3) is 0 Å². The van der Waals surface area contributed by atoms with E-state index in [-0.39, 0.29) is 0 Å². The van der Waals surface area contributed by atoms with Crippen molar-refractivity contribution in [2.24, 2.45) is 5.92 Å². The maximum absolute atomic E-state index is 4.94. The van der Waals surface area contributed by atoms with Crippen LogP contribution in [0, 0.1) is 5.92 Å². The number of piperidine rings is 2. The second-order valence-electron chi connectivity index (χ2n) is 6.62. The Kier molecular flexibility index (Phi) is 4.08. The van der Waals surface area contributed by atoms with Gasteiger partial charge in [-0.1, -0.05) is 0 Å². The van der Waals surface area contributed by atoms with Gasteiger partial charge >= 0.3 is 0 Å². The first-order valence-corrected chi connectivity index (χ1v) is 8.65. The van der Waals surface area contributed by atoms with Crippen LogP contribution < -0.4 is 10.6 Å². The predicted octanol–water partition coefficient (Wildman–Crippen LogP) is 1.90. The number of imidazole rings is 1. The normalized spacial score (nSPS) is 21.5. The van der Waals surface area contributed by atoms with E-state index in [4.69, 9.17) is 4.98 Å². The fraction of sp³-hybridized carbons (Fsp3) is 0.647. The minimum Gasteiger partial charge on any atom is -0.317 e. The number of nitrogens with zero attached hydrogens (tertiary/aromatic N) is 3. The Hall–Kier alpha value is -1.46. The Bertz CT molecular complexity index is 623. The molecular weight excluding hydrogens is 274 g/mol. The number of pyridine rings is 1. The number of nitrogens with one attached hydrogen (secondary N) is 2. The van der Waals surface area contributed by atoms with Crippen LogP contribution in [-0.4, -0.2) is 40.7 Å². The van der Waals surface area contributed by atoms with Gasteiger partial charge in [0.05, 0.1) is 0 Å². The minimum atomic E-state index is 0.554. The summed E-state index contributed by atoms with van der Waals surface area (Å²) in [5, 5.41) is 6.92. The average molecular weight is 299 g/mol. The molecule has 0 aromatic carbocycles. The highest BCUT2D eigenvalue weighted by atomic mass is 15.2. The highest BCUT2D eigenvalue weighted by Crippen LogP contribution is 2.28. The van der Waals surface area contributed by atoms with Crippen LogP contribution in [0.15, 0.2) is 18.3 Å². The molecule has 2 fully saturated rings. The lowest BCUT2D eigenvalue weighted by Crippen LogP contribution is -2.32. The summed E-state index contributed by atoms with van der Waals surface area (Å²) in [5.41, 5.74) is 2.14. The van der Waals surface area contributed by atoms with Crippen molar-refractivity contribution in [1.29, 1.82) is 0 Å². The average Bonchev–Trinajstić information content (AvgIpc) is 2.94. The first kappa shape index (κ1) is 14.2. The highest BCUT2D eigenvalue weighted by Gasteiger charge is 2.24. The van der Waals surface area contributed by atoms with Crippen LogP contribution >= 0.6 is 0 Å². The van der Waals surface area contributed by atoms with Gasteiger partial charge < -0.3 is 15.2 Å². The van der Waals surface area contributed by atoms with Crippen molar-refractivity contribution >= 4 is 11.2 Å². The third-order valence-electron chi connectivity index (χ3n) is 5.13. The van der Waals surface area contributed by atoms with Crippen molar-refractivity contribution in [3.8, 4) is 0 Å². The van der Waals surface area contributed by atoms with E-state index in [1.165, 1.54) is 31.5 Å². The molecule has 0 radical (unpaired) electrons. The maximum Gasteiger partial charge on any atom is 0.160 e. The van der Waals surface area contributed by atoms with E-state index < -0.39 is 0 Å². The topological polar surface area (TPSA) is 54.8 Å². The molecule has 0 spiro atoms. The predicted molar refractivity (Wildman–Crippen MR) is 88.0 cm³/mol. The molecule has 4 rings (SSSR count). The number of aromatic nitrogens is 3. The quantitative estimate of drug-likeness (QED) is 0.909. The van der Waals surface area contributed by atoms with Crippen molar-refractivity contribution in [2.75, 3.05) is 26.2 Å². The van der Waals surface area contributed by atoms with Crippen molar-refractivity contribution in [2.45, 2.75) is 38.1 Å². The van der Waals surface area contributed by atoms with Crippen LogP contribution in [0.2, 0.25) is 0 Å². The molecule has 118 valence electrons. The summed E-state index contributed by atoms with van der Waals surface area (Å²) in [4.78, 5) is 9.58. The van der Waals surface area contributed by atoms with E-state index in [1.54, 1.807) is 0 Å². The Morgan fingerprint density at radius 3 is 2.55 bits per heavy atom. The van der Waals surface area contributed by atoms with Crippen molar-refractivity contribution < 1.29 is 0 Å². The molecule has 0 atom stereocenters. The standard InChI is InChI=1S/C17H25N5/c1-2-15-17(20-7-1)22(14-5-10-19-11-6-14)16(21-15)12-13-3-8-18-9-4-13/h1-2,7,13-14,18-19H,3-6,8-12H2. The molecule has 5 heteroatoms. The molecule has 2 aromatic rings. The smallest absolute Gasteiger partial charge is 0.160 e. The van der Waals surface area contributed by atoms with E-state index >= 15 is 0 Å². The molecule has 2 aliphatic rings. The monoisotopic (exact) mass is 299 g/mol. The van der Waals surface area contributed by atoms with Gasteiger partial charge in [0.2, 0.25) is 0 Å². The van der Waals surface area contributed by atoms with Gasteiger partial charge in [-0.15, -0.1) is 0 Å². The molecule has 0 unspecified atom stereocenters. The molecule has 0 aliphatic carbocycles. The number of hydrogen-bond acceptors (Lipinski definition) is 4. The van der Waals surface area contributed by atoms with Crippen LogP contribution in [-0.2, 0) is 6.42 Å². The van der Waals surface area contributed by atoms with E-state index in [9.17, 15) is 0 Å². The lowest BCUT2D eigenvalue weighted by atomic mass is 9.94. The number of fused-ring (bicyclic) bond motifs is 1. The summed E-state index contributed by atoms with van der Waals surface area (Å²) in [7, 11) is 0. The van der Waals surface area contributed by atoms with Gasteiger partial charge in [-0.2, -0.15) is 0 Å². The Labute approximate surface area is 131 Å². The Morgan fingerprint density at radius 2 is 1.77 bits per heavy atom. The molecule has 2 N–H and O–H groups in total. The van der Waals surface area contributed by atoms with E-state index in [1.807, 2.05) is 12.3 Å². The Morgan fingerprint density at radius 1 is 1.05 bits per heavy atom. The molecule has 0 amide bonds. The summed E-state index contributed by atoms with van der Waals surface area (Å²) < 4.78 is 2.46. The minimum absolute atomic E-state index is 0.554. The summed E-state index contributed by atoms with van der Waals surface area (Å²) >= 11 is 0. The fourth-order valence-corrected chi connectivity index (χ4v) is 3.91. The SMILES string of the molecule is c1cnc2c(c1)nc(CC1CCNCC1)n2C1CCNCC1. The lowest BCUT2D eigenvalue weighted by molar-refractivity contribution is 0.336. The highest BCUT2D eigenvalue weighted by molar-refractivity contribution is 5.71.